The Labute approximate surface area is 99.0 Å². The van der Waals surface area contributed by atoms with Crippen molar-refractivity contribution >= 4 is 11.5 Å². The molecule has 3 aromatic rings. The van der Waals surface area contributed by atoms with Crippen molar-refractivity contribution in [1.29, 1.82) is 0 Å². The predicted octanol–water partition coefficient (Wildman–Crippen LogP) is 2.34. The molecule has 3 rings (SSSR count). The van der Waals surface area contributed by atoms with Crippen LogP contribution in [0.2, 0.25) is 0 Å². The zero-order valence-electron chi connectivity index (χ0n) is 9.24. The molecule has 0 spiro atoms. The summed E-state index contributed by atoms with van der Waals surface area (Å²) in [5.41, 5.74) is 2.10. The van der Waals surface area contributed by atoms with Crippen LogP contribution < -0.4 is 5.32 Å². The summed E-state index contributed by atoms with van der Waals surface area (Å²) in [7, 11) is 0. The molecule has 0 fully saturated rings. The van der Waals surface area contributed by atoms with Gasteiger partial charge in [0, 0.05) is 31.3 Å². The first-order chi connectivity index (χ1) is 8.43. The molecule has 0 saturated carbocycles. The summed E-state index contributed by atoms with van der Waals surface area (Å²) >= 11 is 0. The van der Waals surface area contributed by atoms with Gasteiger partial charge in [0.25, 0.3) is 0 Å². The average molecular weight is 224 g/mol. The number of fused-ring (bicyclic) bond motifs is 1. The summed E-state index contributed by atoms with van der Waals surface area (Å²) in [6, 6.07) is 10.00. The fourth-order valence-electron chi connectivity index (χ4n) is 1.79. The molecule has 3 heterocycles. The van der Waals surface area contributed by atoms with Gasteiger partial charge < -0.3 is 5.32 Å². The van der Waals surface area contributed by atoms with Gasteiger partial charge in [-0.15, -0.1) is 0 Å². The molecular weight excluding hydrogens is 212 g/mol. The maximum atomic E-state index is 4.24. The van der Waals surface area contributed by atoms with Crippen molar-refractivity contribution in [2.75, 3.05) is 5.32 Å². The van der Waals surface area contributed by atoms with Crippen LogP contribution in [-0.2, 0) is 6.54 Å². The van der Waals surface area contributed by atoms with Crippen molar-refractivity contribution in [2.45, 2.75) is 6.54 Å². The molecule has 0 radical (unpaired) electrons. The summed E-state index contributed by atoms with van der Waals surface area (Å²) in [5.74, 6) is 1.03. The second-order valence-electron chi connectivity index (χ2n) is 3.78. The lowest BCUT2D eigenvalue weighted by molar-refractivity contribution is 1.06. The SMILES string of the molecule is c1cncc(CNc2cccc3nccn23)c1. The largest absolute Gasteiger partial charge is 0.367 e. The lowest BCUT2D eigenvalue weighted by atomic mass is 10.3. The zero-order valence-corrected chi connectivity index (χ0v) is 9.24. The van der Waals surface area contributed by atoms with E-state index < -0.39 is 0 Å². The van der Waals surface area contributed by atoms with Crippen LogP contribution in [0.15, 0.2) is 55.1 Å². The maximum absolute atomic E-state index is 4.24. The molecule has 84 valence electrons. The fraction of sp³-hybridized carbons (Fsp3) is 0.0769. The number of nitrogens with one attached hydrogen (secondary N) is 1. The highest BCUT2D eigenvalue weighted by Gasteiger charge is 1.99. The van der Waals surface area contributed by atoms with Crippen LogP contribution in [-0.4, -0.2) is 14.4 Å². The van der Waals surface area contributed by atoms with Gasteiger partial charge in [0.15, 0.2) is 0 Å². The Hall–Kier alpha value is -2.36. The Kier molecular flexibility index (Phi) is 2.46. The topological polar surface area (TPSA) is 42.2 Å². The van der Waals surface area contributed by atoms with Gasteiger partial charge in [-0.2, -0.15) is 0 Å². The summed E-state index contributed by atoms with van der Waals surface area (Å²) in [6.45, 7) is 0.755. The molecule has 0 amide bonds. The van der Waals surface area contributed by atoms with Gasteiger partial charge in [-0.25, -0.2) is 4.98 Å². The van der Waals surface area contributed by atoms with E-state index >= 15 is 0 Å². The smallest absolute Gasteiger partial charge is 0.138 e. The van der Waals surface area contributed by atoms with Gasteiger partial charge in [-0.1, -0.05) is 12.1 Å². The van der Waals surface area contributed by atoms with Crippen molar-refractivity contribution in [3.63, 3.8) is 0 Å². The summed E-state index contributed by atoms with van der Waals surface area (Å²) in [5, 5.41) is 3.37. The number of pyridine rings is 2. The number of hydrogen-bond acceptors (Lipinski definition) is 3. The van der Waals surface area contributed by atoms with Gasteiger partial charge in [0.05, 0.1) is 0 Å². The number of imidazole rings is 1. The number of rotatable bonds is 3. The first-order valence-electron chi connectivity index (χ1n) is 5.48. The van der Waals surface area contributed by atoms with Crippen LogP contribution in [0.4, 0.5) is 5.82 Å². The minimum absolute atomic E-state index is 0.755. The lowest BCUT2D eigenvalue weighted by Crippen LogP contribution is -2.03. The Morgan fingerprint density at radius 1 is 1.12 bits per heavy atom. The molecule has 17 heavy (non-hydrogen) atoms. The summed E-state index contributed by atoms with van der Waals surface area (Å²) < 4.78 is 2.02. The number of nitrogens with zero attached hydrogens (tertiary/aromatic N) is 3. The Morgan fingerprint density at radius 3 is 3.00 bits per heavy atom. The van der Waals surface area contributed by atoms with E-state index in [9.17, 15) is 0 Å². The molecule has 0 saturated heterocycles. The second kappa shape index (κ2) is 4.25. The van der Waals surface area contributed by atoms with Crippen LogP contribution in [0.25, 0.3) is 5.65 Å². The van der Waals surface area contributed by atoms with E-state index in [-0.39, 0.29) is 0 Å². The highest BCUT2D eigenvalue weighted by atomic mass is 15.1. The van der Waals surface area contributed by atoms with E-state index in [0.717, 1.165) is 23.6 Å². The van der Waals surface area contributed by atoms with Crippen molar-refractivity contribution in [3.8, 4) is 0 Å². The molecule has 4 nitrogen and oxygen atoms in total. The van der Waals surface area contributed by atoms with Crippen LogP contribution >= 0.6 is 0 Å². The second-order valence-corrected chi connectivity index (χ2v) is 3.78. The van der Waals surface area contributed by atoms with Gasteiger partial charge in [0.1, 0.15) is 11.5 Å². The van der Waals surface area contributed by atoms with Crippen LogP contribution in [0.1, 0.15) is 5.56 Å². The third kappa shape index (κ3) is 1.97. The molecule has 0 aromatic carbocycles. The normalized spacial score (nSPS) is 10.6. The van der Waals surface area contributed by atoms with Crippen LogP contribution in [0.3, 0.4) is 0 Å². The van der Waals surface area contributed by atoms with Gasteiger partial charge in [-0.05, 0) is 23.8 Å². The quantitative estimate of drug-likeness (QED) is 0.742. The minimum atomic E-state index is 0.755. The Morgan fingerprint density at radius 2 is 2.12 bits per heavy atom. The van der Waals surface area contributed by atoms with Crippen molar-refractivity contribution in [1.82, 2.24) is 14.4 Å². The van der Waals surface area contributed by atoms with Gasteiger partial charge >= 0.3 is 0 Å². The Bertz CT molecular complexity index is 615. The first kappa shape index (κ1) is 9.84. The van der Waals surface area contributed by atoms with Crippen molar-refractivity contribution < 1.29 is 0 Å². The molecule has 3 aromatic heterocycles. The van der Waals surface area contributed by atoms with Crippen molar-refractivity contribution in [3.05, 3.63) is 60.7 Å². The van der Waals surface area contributed by atoms with E-state index in [2.05, 4.69) is 15.3 Å². The molecule has 1 N–H and O–H groups in total. The van der Waals surface area contributed by atoms with Gasteiger partial charge in [-0.3, -0.25) is 9.38 Å². The number of anilines is 1. The molecule has 0 unspecified atom stereocenters. The third-order valence-electron chi connectivity index (χ3n) is 2.62. The lowest BCUT2D eigenvalue weighted by Gasteiger charge is -2.08. The molecule has 0 aliphatic rings. The summed E-state index contributed by atoms with van der Waals surface area (Å²) in [4.78, 5) is 8.34. The molecule has 0 aliphatic heterocycles. The van der Waals surface area contributed by atoms with E-state index in [0.29, 0.717) is 0 Å². The predicted molar refractivity (Wildman–Crippen MR) is 66.8 cm³/mol. The minimum Gasteiger partial charge on any atom is -0.367 e. The first-order valence-corrected chi connectivity index (χ1v) is 5.48. The third-order valence-corrected chi connectivity index (χ3v) is 2.62. The monoisotopic (exact) mass is 224 g/mol. The molecular formula is C13H12N4. The molecule has 0 aliphatic carbocycles. The zero-order chi connectivity index (χ0) is 11.5. The number of hydrogen-bond donors (Lipinski definition) is 1. The Balaban J connectivity index is 1.84. The molecule has 4 heteroatoms. The average Bonchev–Trinajstić information content (AvgIpc) is 2.86. The van der Waals surface area contributed by atoms with E-state index in [1.165, 1.54) is 0 Å². The summed E-state index contributed by atoms with van der Waals surface area (Å²) in [6.07, 6.45) is 7.38. The highest BCUT2D eigenvalue weighted by Crippen LogP contribution is 2.11. The van der Waals surface area contributed by atoms with Crippen LogP contribution in [0.5, 0.6) is 0 Å². The molecule has 0 bridgehead atoms. The highest BCUT2D eigenvalue weighted by molar-refractivity contribution is 5.49. The standard InChI is InChI=1S/C13H12N4/c1-4-12-15-7-8-17(12)13(5-1)16-10-11-3-2-6-14-9-11/h1-9,16H,10H2. The van der Waals surface area contributed by atoms with Gasteiger partial charge in [0.2, 0.25) is 0 Å². The van der Waals surface area contributed by atoms with E-state index in [4.69, 9.17) is 0 Å². The van der Waals surface area contributed by atoms with Crippen molar-refractivity contribution in [2.24, 2.45) is 0 Å². The number of aromatic nitrogens is 3. The van der Waals surface area contributed by atoms with E-state index in [1.807, 2.05) is 47.1 Å². The van der Waals surface area contributed by atoms with E-state index in [1.54, 1.807) is 12.4 Å². The van der Waals surface area contributed by atoms with Crippen LogP contribution in [0, 0.1) is 0 Å². The maximum Gasteiger partial charge on any atom is 0.138 e. The fourth-order valence-corrected chi connectivity index (χ4v) is 1.79. The molecule has 0 atom stereocenters.